The number of anilines is 1. The molecule has 0 aliphatic rings. The third-order valence-corrected chi connectivity index (χ3v) is 5.41. The Morgan fingerprint density at radius 3 is 2.53 bits per heavy atom. The van der Waals surface area contributed by atoms with Crippen LogP contribution in [0.4, 0.5) is 5.69 Å². The summed E-state index contributed by atoms with van der Waals surface area (Å²) in [5.74, 6) is 0. The van der Waals surface area contributed by atoms with Gasteiger partial charge in [0.1, 0.15) is 4.90 Å². The van der Waals surface area contributed by atoms with E-state index >= 15 is 0 Å². The van der Waals surface area contributed by atoms with E-state index in [2.05, 4.69) is 4.72 Å². The molecule has 0 aliphatic carbocycles. The molecule has 2 rings (SSSR count). The summed E-state index contributed by atoms with van der Waals surface area (Å²) in [4.78, 5) is 1.54. The van der Waals surface area contributed by atoms with Crippen LogP contribution in [0.2, 0.25) is 0 Å². The van der Waals surface area contributed by atoms with E-state index in [0.717, 1.165) is 5.56 Å². The van der Waals surface area contributed by atoms with Gasteiger partial charge in [-0.15, -0.1) is 11.3 Å². The van der Waals surface area contributed by atoms with Crippen LogP contribution < -0.4 is 4.72 Å². The van der Waals surface area contributed by atoms with Gasteiger partial charge in [0.15, 0.2) is 0 Å². The van der Waals surface area contributed by atoms with Gasteiger partial charge >= 0.3 is 0 Å². The second kappa shape index (κ2) is 5.32. The van der Waals surface area contributed by atoms with Crippen LogP contribution in [0.3, 0.4) is 0 Å². The van der Waals surface area contributed by atoms with Gasteiger partial charge in [-0.3, -0.25) is 4.72 Å². The average Bonchev–Trinajstić information content (AvgIpc) is 2.74. The second-order valence-corrected chi connectivity index (χ2v) is 7.20. The zero-order valence-electron chi connectivity index (χ0n) is 10.7. The smallest absolute Gasteiger partial charge is 0.263 e. The lowest BCUT2D eigenvalue weighted by molar-refractivity contribution is 0.285. The van der Waals surface area contributed by atoms with Crippen LogP contribution in [-0.2, 0) is 16.6 Å². The lowest BCUT2D eigenvalue weighted by Gasteiger charge is -2.09. The minimum Gasteiger partial charge on any atom is -0.391 e. The molecule has 1 heterocycles. The number of aliphatic hydroxyl groups is 1. The topological polar surface area (TPSA) is 66.4 Å². The van der Waals surface area contributed by atoms with Crippen LogP contribution in [0.5, 0.6) is 0 Å². The standard InChI is InChI=1S/C13H15NO3S2/c1-9-5-3-4-6-12(9)14-19(16,17)13-7-11(8-15)18-10(13)2/h3-7,14-15H,8H2,1-2H3. The number of sulfonamides is 1. The second-order valence-electron chi connectivity index (χ2n) is 4.21. The number of rotatable bonds is 4. The molecule has 0 amide bonds. The highest BCUT2D eigenvalue weighted by Gasteiger charge is 2.20. The summed E-state index contributed by atoms with van der Waals surface area (Å²) in [5.41, 5.74) is 1.43. The highest BCUT2D eigenvalue weighted by Crippen LogP contribution is 2.28. The van der Waals surface area contributed by atoms with Crippen molar-refractivity contribution in [3.8, 4) is 0 Å². The lowest BCUT2D eigenvalue weighted by Crippen LogP contribution is -2.13. The Kier molecular flexibility index (Phi) is 3.93. The number of thiophene rings is 1. The van der Waals surface area contributed by atoms with E-state index in [4.69, 9.17) is 5.11 Å². The van der Waals surface area contributed by atoms with Gasteiger partial charge in [0, 0.05) is 9.75 Å². The van der Waals surface area contributed by atoms with E-state index in [0.29, 0.717) is 15.4 Å². The largest absolute Gasteiger partial charge is 0.391 e. The van der Waals surface area contributed by atoms with Crippen LogP contribution in [0, 0.1) is 13.8 Å². The Balaban J connectivity index is 2.38. The number of hydrogen-bond acceptors (Lipinski definition) is 4. The van der Waals surface area contributed by atoms with Gasteiger partial charge in [0.05, 0.1) is 12.3 Å². The number of nitrogens with one attached hydrogen (secondary N) is 1. The molecule has 2 aromatic rings. The molecule has 2 N–H and O–H groups in total. The zero-order chi connectivity index (χ0) is 14.0. The number of aliphatic hydroxyl groups excluding tert-OH is 1. The van der Waals surface area contributed by atoms with Gasteiger partial charge in [0.25, 0.3) is 10.0 Å². The highest BCUT2D eigenvalue weighted by atomic mass is 32.2. The van der Waals surface area contributed by atoms with Crippen LogP contribution in [0.15, 0.2) is 35.2 Å². The van der Waals surface area contributed by atoms with Crippen molar-refractivity contribution in [3.05, 3.63) is 45.6 Å². The van der Waals surface area contributed by atoms with Gasteiger partial charge < -0.3 is 5.11 Å². The van der Waals surface area contributed by atoms with E-state index in [1.165, 1.54) is 17.4 Å². The zero-order valence-corrected chi connectivity index (χ0v) is 12.3. The third kappa shape index (κ3) is 2.97. The first-order valence-corrected chi connectivity index (χ1v) is 8.02. The van der Waals surface area contributed by atoms with Gasteiger partial charge in [0.2, 0.25) is 0 Å². The lowest BCUT2D eigenvalue weighted by atomic mass is 10.2. The summed E-state index contributed by atoms with van der Waals surface area (Å²) in [7, 11) is -3.61. The molecule has 6 heteroatoms. The van der Waals surface area contributed by atoms with Crippen molar-refractivity contribution < 1.29 is 13.5 Å². The first kappa shape index (κ1) is 14.0. The molecule has 1 aromatic carbocycles. The summed E-state index contributed by atoms with van der Waals surface area (Å²) in [6.45, 7) is 3.43. The maximum atomic E-state index is 12.3. The molecule has 0 fully saturated rings. The molecule has 0 radical (unpaired) electrons. The Morgan fingerprint density at radius 2 is 1.95 bits per heavy atom. The number of aryl methyl sites for hydroxylation is 2. The maximum Gasteiger partial charge on any atom is 0.263 e. The molecule has 19 heavy (non-hydrogen) atoms. The van der Waals surface area contributed by atoms with Crippen molar-refractivity contribution in [3.63, 3.8) is 0 Å². The van der Waals surface area contributed by atoms with Crippen LogP contribution >= 0.6 is 11.3 Å². The van der Waals surface area contributed by atoms with E-state index in [-0.39, 0.29) is 11.5 Å². The average molecular weight is 297 g/mol. The molecule has 1 aromatic heterocycles. The first-order valence-electron chi connectivity index (χ1n) is 5.72. The maximum absolute atomic E-state index is 12.3. The number of hydrogen-bond donors (Lipinski definition) is 2. The minimum absolute atomic E-state index is 0.147. The van der Waals surface area contributed by atoms with Crippen molar-refractivity contribution in [2.45, 2.75) is 25.3 Å². The SMILES string of the molecule is Cc1ccccc1NS(=O)(=O)c1cc(CO)sc1C. The highest BCUT2D eigenvalue weighted by molar-refractivity contribution is 7.93. The predicted octanol–water partition coefficient (Wildman–Crippen LogP) is 2.66. The van der Waals surface area contributed by atoms with Crippen LogP contribution in [-0.4, -0.2) is 13.5 Å². The molecule has 0 aliphatic heterocycles. The summed E-state index contributed by atoms with van der Waals surface area (Å²) in [5, 5.41) is 9.07. The van der Waals surface area contributed by atoms with Gasteiger partial charge in [-0.1, -0.05) is 18.2 Å². The summed E-state index contributed by atoms with van der Waals surface area (Å²) in [6.07, 6.45) is 0. The van der Waals surface area contributed by atoms with E-state index < -0.39 is 10.0 Å². The molecule has 102 valence electrons. The number of benzene rings is 1. The normalized spacial score (nSPS) is 11.5. The van der Waals surface area contributed by atoms with Gasteiger partial charge in [-0.05, 0) is 31.5 Å². The molecular weight excluding hydrogens is 282 g/mol. The summed E-state index contributed by atoms with van der Waals surface area (Å²) in [6, 6.07) is 8.72. The van der Waals surface area contributed by atoms with E-state index in [9.17, 15) is 8.42 Å². The quantitative estimate of drug-likeness (QED) is 0.911. The van der Waals surface area contributed by atoms with Crippen molar-refractivity contribution in [1.82, 2.24) is 0 Å². The summed E-state index contributed by atoms with van der Waals surface area (Å²) >= 11 is 1.29. The molecule has 0 saturated carbocycles. The van der Waals surface area contributed by atoms with Gasteiger partial charge in [-0.2, -0.15) is 0 Å². The molecule has 0 saturated heterocycles. The fourth-order valence-electron chi connectivity index (χ4n) is 1.76. The predicted molar refractivity (Wildman–Crippen MR) is 77.0 cm³/mol. The fourth-order valence-corrected chi connectivity index (χ4v) is 4.38. The Bertz CT molecular complexity index is 690. The fraction of sp³-hybridized carbons (Fsp3) is 0.231. The van der Waals surface area contributed by atoms with Crippen molar-refractivity contribution in [1.29, 1.82) is 0 Å². The van der Waals surface area contributed by atoms with Crippen molar-refractivity contribution in [2.24, 2.45) is 0 Å². The van der Waals surface area contributed by atoms with Gasteiger partial charge in [-0.25, -0.2) is 8.42 Å². The van der Waals surface area contributed by atoms with Crippen LogP contribution in [0.25, 0.3) is 0 Å². The van der Waals surface area contributed by atoms with E-state index in [1.807, 2.05) is 19.1 Å². The minimum atomic E-state index is -3.61. The molecule has 0 atom stereocenters. The molecule has 0 bridgehead atoms. The summed E-state index contributed by atoms with van der Waals surface area (Å²) < 4.78 is 27.2. The van der Waals surface area contributed by atoms with E-state index in [1.54, 1.807) is 19.1 Å². The molecule has 0 unspecified atom stereocenters. The van der Waals surface area contributed by atoms with Crippen LogP contribution in [0.1, 0.15) is 15.3 Å². The third-order valence-electron chi connectivity index (χ3n) is 2.76. The van der Waals surface area contributed by atoms with Crippen molar-refractivity contribution >= 4 is 27.0 Å². The first-order chi connectivity index (χ1) is 8.94. The Hall–Kier alpha value is -1.37. The molecule has 4 nitrogen and oxygen atoms in total. The Morgan fingerprint density at radius 1 is 1.26 bits per heavy atom. The Labute approximate surface area is 116 Å². The molecule has 0 spiro atoms. The molecular formula is C13H15NO3S2. The number of para-hydroxylation sites is 1. The van der Waals surface area contributed by atoms with Crippen molar-refractivity contribution in [2.75, 3.05) is 4.72 Å². The monoisotopic (exact) mass is 297 g/mol.